The summed E-state index contributed by atoms with van der Waals surface area (Å²) >= 11 is 0. The predicted octanol–water partition coefficient (Wildman–Crippen LogP) is 5.68. The minimum absolute atomic E-state index is 0.0139. The lowest BCUT2D eigenvalue weighted by Crippen LogP contribution is -2.44. The van der Waals surface area contributed by atoms with E-state index in [9.17, 15) is 9.50 Å². The quantitative estimate of drug-likeness (QED) is 0.244. The summed E-state index contributed by atoms with van der Waals surface area (Å²) in [6, 6.07) is 4.64. The number of aliphatic hydroxyl groups excluding tert-OH is 1. The molecule has 0 aliphatic carbocycles. The molecule has 42 heavy (non-hydrogen) atoms. The van der Waals surface area contributed by atoms with Crippen LogP contribution in [-0.4, -0.2) is 73.3 Å². The fraction of sp³-hybridized carbons (Fsp3) is 0.606. The highest BCUT2D eigenvalue weighted by Crippen LogP contribution is 2.38. The number of rotatable bonds is 12. The Balaban J connectivity index is 1.17. The lowest BCUT2D eigenvalue weighted by molar-refractivity contribution is -0.120. The lowest BCUT2D eigenvalue weighted by atomic mass is 9.85. The van der Waals surface area contributed by atoms with Crippen molar-refractivity contribution in [2.45, 2.75) is 89.3 Å². The molecule has 3 aliphatic rings. The molecule has 1 aromatic heterocycles. The number of nitrogens with one attached hydrogen (secondary N) is 1. The first-order chi connectivity index (χ1) is 20.2. The standard InChI is InChI=1S/C33H46FN3O5/c1-21(38)31(28-16-23(34)15-22-20-42-30(18-27(22)28)33(2,3)40-5)37-13-11-25(19-37)41-14-7-6-9-24-17-29(39-4)26-10-8-12-35-32(26)36-24/h15-17,25,30-31,38H,1,6-14,18-20H2,2-5H3,(H,35,36)/t25-,30?,31+/m1/s1. The Morgan fingerprint density at radius 2 is 2.10 bits per heavy atom. The Morgan fingerprint density at radius 3 is 2.86 bits per heavy atom. The molecule has 0 bridgehead atoms. The van der Waals surface area contributed by atoms with Gasteiger partial charge < -0.3 is 29.4 Å². The van der Waals surface area contributed by atoms with Gasteiger partial charge in [0, 0.05) is 57.1 Å². The third kappa shape index (κ3) is 6.75. The molecule has 1 saturated heterocycles. The molecule has 230 valence electrons. The Morgan fingerprint density at radius 1 is 1.26 bits per heavy atom. The number of benzene rings is 1. The van der Waals surface area contributed by atoms with Gasteiger partial charge in [-0.1, -0.05) is 6.58 Å². The number of likely N-dealkylation sites (tertiary alicyclic amines) is 1. The minimum atomic E-state index is -0.508. The van der Waals surface area contributed by atoms with Crippen molar-refractivity contribution in [3.05, 3.63) is 64.3 Å². The molecule has 0 amide bonds. The fourth-order valence-electron chi connectivity index (χ4n) is 6.49. The second-order valence-corrected chi connectivity index (χ2v) is 12.2. The van der Waals surface area contributed by atoms with Crippen molar-refractivity contribution < 1.29 is 28.4 Å². The third-order valence-corrected chi connectivity index (χ3v) is 9.06. The van der Waals surface area contributed by atoms with Gasteiger partial charge in [-0.25, -0.2) is 9.37 Å². The SMILES string of the molecule is C=C(O)[C@@H](c1cc(F)cc2c1CC(C(C)(C)OC)OC2)N1CC[C@@H](OCCCCc2cc(OC)c3c(n2)NCCC3)C1. The fourth-order valence-corrected chi connectivity index (χ4v) is 6.49. The number of halogens is 1. The van der Waals surface area contributed by atoms with Gasteiger partial charge in [0.05, 0.1) is 37.6 Å². The molecule has 1 unspecified atom stereocenters. The smallest absolute Gasteiger partial charge is 0.133 e. The van der Waals surface area contributed by atoms with Crippen LogP contribution in [0.5, 0.6) is 5.75 Å². The third-order valence-electron chi connectivity index (χ3n) is 9.06. The summed E-state index contributed by atoms with van der Waals surface area (Å²) in [5, 5.41) is 14.2. The van der Waals surface area contributed by atoms with E-state index in [1.165, 1.54) is 11.6 Å². The van der Waals surface area contributed by atoms with Crippen LogP contribution in [0.15, 0.2) is 30.5 Å². The summed E-state index contributed by atoms with van der Waals surface area (Å²) < 4.78 is 38.4. The number of aliphatic hydroxyl groups is 1. The van der Waals surface area contributed by atoms with Crippen LogP contribution in [0.4, 0.5) is 10.2 Å². The van der Waals surface area contributed by atoms with Crippen LogP contribution in [0.3, 0.4) is 0 Å². The average Bonchev–Trinajstić information content (AvgIpc) is 3.44. The average molecular weight is 584 g/mol. The summed E-state index contributed by atoms with van der Waals surface area (Å²) in [7, 11) is 3.40. The number of hydrogen-bond donors (Lipinski definition) is 2. The molecule has 2 N–H and O–H groups in total. The number of hydrogen-bond acceptors (Lipinski definition) is 8. The van der Waals surface area contributed by atoms with Crippen molar-refractivity contribution in [1.82, 2.24) is 9.88 Å². The highest BCUT2D eigenvalue weighted by atomic mass is 19.1. The molecule has 3 atom stereocenters. The van der Waals surface area contributed by atoms with Crippen molar-refractivity contribution in [1.29, 1.82) is 0 Å². The second kappa shape index (κ2) is 13.3. The van der Waals surface area contributed by atoms with Crippen molar-refractivity contribution in [2.24, 2.45) is 0 Å². The Labute approximate surface area is 249 Å². The summed E-state index contributed by atoms with van der Waals surface area (Å²) in [5.74, 6) is 1.56. The van der Waals surface area contributed by atoms with Gasteiger partial charge in [-0.2, -0.15) is 0 Å². The van der Waals surface area contributed by atoms with Crippen LogP contribution in [0.25, 0.3) is 0 Å². The molecule has 4 heterocycles. The number of anilines is 1. The summed E-state index contributed by atoms with van der Waals surface area (Å²) in [6.07, 6.45) is 6.14. The molecule has 0 spiro atoms. The number of unbranched alkanes of at least 4 members (excludes halogenated alkanes) is 1. The molecule has 3 aliphatic heterocycles. The highest BCUT2D eigenvalue weighted by Gasteiger charge is 2.38. The van der Waals surface area contributed by atoms with E-state index in [0.717, 1.165) is 85.6 Å². The number of fused-ring (bicyclic) bond motifs is 2. The Kier molecular flexibility index (Phi) is 9.72. The molecule has 1 aromatic carbocycles. The van der Waals surface area contributed by atoms with Crippen LogP contribution < -0.4 is 10.1 Å². The van der Waals surface area contributed by atoms with Crippen molar-refractivity contribution >= 4 is 5.82 Å². The van der Waals surface area contributed by atoms with Crippen molar-refractivity contribution in [3.8, 4) is 5.75 Å². The first kappa shape index (κ1) is 30.7. The van der Waals surface area contributed by atoms with E-state index in [1.54, 1.807) is 20.3 Å². The Bertz CT molecular complexity index is 1250. The van der Waals surface area contributed by atoms with Crippen LogP contribution in [0.2, 0.25) is 0 Å². The zero-order valence-electron chi connectivity index (χ0n) is 25.5. The van der Waals surface area contributed by atoms with E-state index in [4.69, 9.17) is 23.9 Å². The molecule has 0 radical (unpaired) electrons. The number of ether oxygens (including phenoxy) is 4. The topological polar surface area (TPSA) is 85.3 Å². The van der Waals surface area contributed by atoms with Gasteiger partial charge in [-0.3, -0.25) is 4.90 Å². The molecule has 0 saturated carbocycles. The van der Waals surface area contributed by atoms with Gasteiger partial charge in [0.15, 0.2) is 0 Å². The number of aryl methyl sites for hydroxylation is 1. The van der Waals surface area contributed by atoms with Gasteiger partial charge in [0.1, 0.15) is 23.1 Å². The maximum atomic E-state index is 14.8. The molecular formula is C33H46FN3O5. The van der Waals surface area contributed by atoms with E-state index in [1.807, 2.05) is 13.8 Å². The maximum absolute atomic E-state index is 14.8. The van der Waals surface area contributed by atoms with Gasteiger partial charge >= 0.3 is 0 Å². The number of pyridine rings is 1. The molecule has 1 fully saturated rings. The normalized spacial score (nSPS) is 21.4. The summed E-state index contributed by atoms with van der Waals surface area (Å²) in [6.45, 7) is 11.2. The monoisotopic (exact) mass is 583 g/mol. The zero-order valence-corrected chi connectivity index (χ0v) is 25.5. The highest BCUT2D eigenvalue weighted by molar-refractivity contribution is 5.54. The van der Waals surface area contributed by atoms with E-state index < -0.39 is 11.6 Å². The minimum Gasteiger partial charge on any atom is -0.511 e. The van der Waals surface area contributed by atoms with E-state index in [0.29, 0.717) is 26.2 Å². The van der Waals surface area contributed by atoms with E-state index in [2.05, 4.69) is 22.9 Å². The first-order valence-electron chi connectivity index (χ1n) is 15.2. The van der Waals surface area contributed by atoms with Crippen LogP contribution in [0, 0.1) is 5.82 Å². The van der Waals surface area contributed by atoms with Crippen molar-refractivity contribution in [3.63, 3.8) is 0 Å². The largest absolute Gasteiger partial charge is 0.511 e. The van der Waals surface area contributed by atoms with Gasteiger partial charge in [0.25, 0.3) is 0 Å². The molecule has 9 heteroatoms. The van der Waals surface area contributed by atoms with Crippen LogP contribution in [-0.2, 0) is 40.1 Å². The molecular weight excluding hydrogens is 537 g/mol. The van der Waals surface area contributed by atoms with E-state index in [-0.39, 0.29) is 23.8 Å². The van der Waals surface area contributed by atoms with Crippen molar-refractivity contribution in [2.75, 3.05) is 45.8 Å². The van der Waals surface area contributed by atoms with Gasteiger partial charge in [0.2, 0.25) is 0 Å². The zero-order chi connectivity index (χ0) is 29.9. The summed E-state index contributed by atoms with van der Waals surface area (Å²) in [5.41, 5.74) is 4.28. The molecule has 5 rings (SSSR count). The van der Waals surface area contributed by atoms with Gasteiger partial charge in [-0.15, -0.1) is 0 Å². The van der Waals surface area contributed by atoms with Crippen LogP contribution in [0.1, 0.15) is 73.5 Å². The number of aromatic nitrogens is 1. The Hall–Kier alpha value is -2.72. The van der Waals surface area contributed by atoms with Gasteiger partial charge in [-0.05, 0) is 81.2 Å². The molecule has 2 aromatic rings. The first-order valence-corrected chi connectivity index (χ1v) is 15.2. The molecule has 8 nitrogen and oxygen atoms in total. The maximum Gasteiger partial charge on any atom is 0.133 e. The van der Waals surface area contributed by atoms with E-state index >= 15 is 0 Å². The van der Waals surface area contributed by atoms with Crippen LogP contribution >= 0.6 is 0 Å². The predicted molar refractivity (Wildman–Crippen MR) is 161 cm³/mol. The number of nitrogens with zero attached hydrogens (tertiary/aromatic N) is 2. The summed E-state index contributed by atoms with van der Waals surface area (Å²) in [4.78, 5) is 6.98. The second-order valence-electron chi connectivity index (χ2n) is 12.2. The number of methoxy groups -OCH3 is 2. The lowest BCUT2D eigenvalue weighted by Gasteiger charge is -2.38.